The average molecular weight is 500 g/mol. The standard InChI is InChI=1S/C26H24F3N3O2S/c27-26(28,29)20-5-3-4-17(12-20)14-32-16-19(13-24(32)33)25(34)30-21-6-1-2-7-22(21)31-10-8-23-18(15-31)9-11-35-23/h1-7,9,11-12,19H,8,10,13-16H2,(H,30,34). The number of para-hydroxylation sites is 2. The van der Waals surface area contributed by atoms with Gasteiger partial charge in [-0.1, -0.05) is 24.3 Å². The van der Waals surface area contributed by atoms with Gasteiger partial charge in [-0.15, -0.1) is 11.3 Å². The highest BCUT2D eigenvalue weighted by Crippen LogP contribution is 2.34. The molecule has 1 N–H and O–H groups in total. The van der Waals surface area contributed by atoms with E-state index in [4.69, 9.17) is 0 Å². The molecule has 182 valence electrons. The quantitative estimate of drug-likeness (QED) is 0.517. The zero-order valence-electron chi connectivity index (χ0n) is 18.8. The molecule has 1 unspecified atom stereocenters. The second-order valence-electron chi connectivity index (χ2n) is 8.92. The van der Waals surface area contributed by atoms with Crippen LogP contribution in [0.2, 0.25) is 0 Å². The van der Waals surface area contributed by atoms with Gasteiger partial charge >= 0.3 is 6.18 Å². The molecule has 2 aromatic carbocycles. The zero-order chi connectivity index (χ0) is 24.6. The normalized spacial score (nSPS) is 18.0. The zero-order valence-corrected chi connectivity index (χ0v) is 19.7. The number of fused-ring (bicyclic) bond motifs is 1. The van der Waals surface area contributed by atoms with Crippen LogP contribution >= 0.6 is 11.3 Å². The lowest BCUT2D eigenvalue weighted by Gasteiger charge is -2.31. The minimum Gasteiger partial charge on any atom is -0.365 e. The summed E-state index contributed by atoms with van der Waals surface area (Å²) in [5, 5.41) is 5.10. The lowest BCUT2D eigenvalue weighted by Crippen LogP contribution is -2.31. The van der Waals surface area contributed by atoms with Crippen LogP contribution < -0.4 is 10.2 Å². The third-order valence-corrected chi connectivity index (χ3v) is 7.55. The molecule has 3 heterocycles. The summed E-state index contributed by atoms with van der Waals surface area (Å²) in [6.07, 6.45) is -3.45. The van der Waals surface area contributed by atoms with E-state index < -0.39 is 17.7 Å². The van der Waals surface area contributed by atoms with E-state index in [1.54, 1.807) is 17.4 Å². The van der Waals surface area contributed by atoms with Crippen molar-refractivity contribution in [3.63, 3.8) is 0 Å². The average Bonchev–Trinajstić information content (AvgIpc) is 3.45. The molecule has 0 radical (unpaired) electrons. The molecule has 0 aliphatic carbocycles. The van der Waals surface area contributed by atoms with Crippen LogP contribution in [-0.2, 0) is 35.3 Å². The first-order chi connectivity index (χ1) is 16.8. The smallest absolute Gasteiger partial charge is 0.365 e. The Balaban J connectivity index is 1.25. The van der Waals surface area contributed by atoms with Crippen LogP contribution in [0.4, 0.5) is 24.5 Å². The fourth-order valence-electron chi connectivity index (χ4n) is 4.71. The molecule has 5 nitrogen and oxygen atoms in total. The minimum atomic E-state index is -4.44. The molecule has 1 fully saturated rings. The van der Waals surface area contributed by atoms with Gasteiger partial charge in [-0.25, -0.2) is 0 Å². The maximum atomic E-state index is 13.1. The number of amides is 2. The van der Waals surface area contributed by atoms with Crippen LogP contribution in [0, 0.1) is 5.92 Å². The van der Waals surface area contributed by atoms with Gasteiger partial charge in [0, 0.05) is 37.5 Å². The van der Waals surface area contributed by atoms with E-state index in [9.17, 15) is 22.8 Å². The van der Waals surface area contributed by atoms with E-state index in [0.717, 1.165) is 37.3 Å². The van der Waals surface area contributed by atoms with Crippen molar-refractivity contribution < 1.29 is 22.8 Å². The maximum Gasteiger partial charge on any atom is 0.416 e. The number of anilines is 2. The van der Waals surface area contributed by atoms with Crippen LogP contribution in [0.15, 0.2) is 60.0 Å². The van der Waals surface area contributed by atoms with E-state index >= 15 is 0 Å². The summed E-state index contributed by atoms with van der Waals surface area (Å²) < 4.78 is 39.1. The third kappa shape index (κ3) is 5.05. The van der Waals surface area contributed by atoms with Crippen molar-refractivity contribution in [2.75, 3.05) is 23.3 Å². The first-order valence-electron chi connectivity index (χ1n) is 11.4. The van der Waals surface area contributed by atoms with Gasteiger partial charge in [0.1, 0.15) is 0 Å². The van der Waals surface area contributed by atoms with Crippen molar-refractivity contribution in [3.05, 3.63) is 81.5 Å². The lowest BCUT2D eigenvalue weighted by molar-refractivity contribution is -0.137. The van der Waals surface area contributed by atoms with E-state index in [0.29, 0.717) is 11.3 Å². The largest absolute Gasteiger partial charge is 0.416 e. The second-order valence-corrected chi connectivity index (χ2v) is 9.92. The number of carbonyl (C=O) groups is 2. The van der Waals surface area contributed by atoms with Gasteiger partial charge in [0.15, 0.2) is 0 Å². The maximum absolute atomic E-state index is 13.1. The molecule has 2 amide bonds. The summed E-state index contributed by atoms with van der Waals surface area (Å²) >= 11 is 1.77. The number of thiophene rings is 1. The van der Waals surface area contributed by atoms with Gasteiger partial charge in [0.2, 0.25) is 11.8 Å². The monoisotopic (exact) mass is 499 g/mol. The Kier molecular flexibility index (Phi) is 6.27. The molecule has 9 heteroatoms. The highest BCUT2D eigenvalue weighted by molar-refractivity contribution is 7.10. The van der Waals surface area contributed by atoms with E-state index in [1.807, 2.05) is 24.3 Å². The summed E-state index contributed by atoms with van der Waals surface area (Å²) in [5.74, 6) is -1.06. The molecule has 0 saturated carbocycles. The Morgan fingerprint density at radius 3 is 2.77 bits per heavy atom. The first kappa shape index (κ1) is 23.4. The minimum absolute atomic E-state index is 0.0366. The number of halogens is 3. The Labute approximate surface area is 205 Å². The highest BCUT2D eigenvalue weighted by atomic mass is 32.1. The SMILES string of the molecule is O=C(Nc1ccccc1N1CCc2sccc2C1)C1CC(=O)N(Cc2cccc(C(F)(F)F)c2)C1. The second kappa shape index (κ2) is 9.37. The first-order valence-corrected chi connectivity index (χ1v) is 12.3. The van der Waals surface area contributed by atoms with Gasteiger partial charge in [0.05, 0.1) is 22.9 Å². The Bertz CT molecular complexity index is 1260. The Morgan fingerprint density at radius 1 is 1.11 bits per heavy atom. The third-order valence-electron chi connectivity index (χ3n) is 6.52. The van der Waals surface area contributed by atoms with Crippen molar-refractivity contribution >= 4 is 34.5 Å². The molecule has 3 aromatic rings. The Morgan fingerprint density at radius 2 is 1.94 bits per heavy atom. The number of hydrogen-bond donors (Lipinski definition) is 1. The number of carbonyl (C=O) groups excluding carboxylic acids is 2. The molecule has 35 heavy (non-hydrogen) atoms. The lowest BCUT2D eigenvalue weighted by atomic mass is 10.1. The molecule has 1 saturated heterocycles. The fraction of sp³-hybridized carbons (Fsp3) is 0.308. The van der Waals surface area contributed by atoms with Crippen molar-refractivity contribution in [2.24, 2.45) is 5.92 Å². The molecule has 0 spiro atoms. The van der Waals surface area contributed by atoms with Gasteiger partial charge in [-0.2, -0.15) is 13.2 Å². The molecule has 0 bridgehead atoms. The molecule has 2 aliphatic rings. The van der Waals surface area contributed by atoms with E-state index in [-0.39, 0.29) is 31.3 Å². The number of likely N-dealkylation sites (tertiary alicyclic amines) is 1. The molecular weight excluding hydrogens is 475 g/mol. The number of benzene rings is 2. The van der Waals surface area contributed by atoms with Crippen LogP contribution in [0.25, 0.3) is 0 Å². The fourth-order valence-corrected chi connectivity index (χ4v) is 5.60. The van der Waals surface area contributed by atoms with Gasteiger partial charge in [-0.3, -0.25) is 9.59 Å². The number of nitrogens with one attached hydrogen (secondary N) is 1. The predicted octanol–water partition coefficient (Wildman–Crippen LogP) is 5.32. The van der Waals surface area contributed by atoms with Crippen molar-refractivity contribution in [3.8, 4) is 0 Å². The van der Waals surface area contributed by atoms with Crippen LogP contribution in [0.1, 0.15) is 28.0 Å². The number of rotatable bonds is 5. The number of hydrogen-bond acceptors (Lipinski definition) is 4. The van der Waals surface area contributed by atoms with Crippen LogP contribution in [0.3, 0.4) is 0 Å². The molecule has 1 aromatic heterocycles. The highest BCUT2D eigenvalue weighted by Gasteiger charge is 2.35. The van der Waals surface area contributed by atoms with Crippen LogP contribution in [-0.4, -0.2) is 29.8 Å². The molecular formula is C26H24F3N3O2S. The summed E-state index contributed by atoms with van der Waals surface area (Å²) in [5.41, 5.74) is 2.56. The van der Waals surface area contributed by atoms with Crippen molar-refractivity contribution in [1.29, 1.82) is 0 Å². The summed E-state index contributed by atoms with van der Waals surface area (Å²) in [4.78, 5) is 30.7. The molecule has 1 atom stereocenters. The summed E-state index contributed by atoms with van der Waals surface area (Å²) in [6, 6.07) is 14.7. The van der Waals surface area contributed by atoms with Gasteiger partial charge in [-0.05, 0) is 53.3 Å². The molecule has 2 aliphatic heterocycles. The predicted molar refractivity (Wildman–Crippen MR) is 129 cm³/mol. The van der Waals surface area contributed by atoms with Gasteiger partial charge < -0.3 is 15.1 Å². The Hall–Kier alpha value is -3.33. The van der Waals surface area contributed by atoms with E-state index in [1.165, 1.54) is 21.4 Å². The van der Waals surface area contributed by atoms with Crippen molar-refractivity contribution in [2.45, 2.75) is 32.1 Å². The number of nitrogens with zero attached hydrogens (tertiary/aromatic N) is 2. The van der Waals surface area contributed by atoms with Crippen LogP contribution in [0.5, 0.6) is 0 Å². The van der Waals surface area contributed by atoms with Crippen molar-refractivity contribution in [1.82, 2.24) is 4.90 Å². The number of alkyl halides is 3. The molecule has 5 rings (SSSR count). The van der Waals surface area contributed by atoms with E-state index in [2.05, 4.69) is 21.7 Å². The summed E-state index contributed by atoms with van der Waals surface area (Å²) in [6.45, 7) is 1.84. The topological polar surface area (TPSA) is 52.7 Å². The summed E-state index contributed by atoms with van der Waals surface area (Å²) in [7, 11) is 0. The van der Waals surface area contributed by atoms with Gasteiger partial charge in [0.25, 0.3) is 0 Å².